The van der Waals surface area contributed by atoms with Gasteiger partial charge in [0, 0.05) is 16.2 Å². The maximum Gasteiger partial charge on any atom is 0.0725 e. The largest absolute Gasteiger partial charge is 0.309 e. The maximum absolute atomic E-state index is 2.55. The van der Waals surface area contributed by atoms with E-state index < -0.39 is 10.8 Å². The average molecular weight is 1110 g/mol. The number of rotatable bonds is 6. The van der Waals surface area contributed by atoms with Crippen molar-refractivity contribution >= 4 is 44.7 Å². The fourth-order valence-electron chi connectivity index (χ4n) is 16.5. The zero-order chi connectivity index (χ0) is 57.8. The van der Waals surface area contributed by atoms with Crippen LogP contribution in [0.5, 0.6) is 0 Å². The first-order chi connectivity index (χ1) is 43.5. The first-order valence-corrected chi connectivity index (χ1v) is 30.9. The molecule has 14 aromatic carbocycles. The summed E-state index contributed by atoms with van der Waals surface area (Å²) < 4.78 is 2.43. The van der Waals surface area contributed by atoms with Gasteiger partial charge < -0.3 is 4.57 Å². The monoisotopic (exact) mass is 1110 g/mol. The molecule has 0 saturated carbocycles. The minimum Gasteiger partial charge on any atom is -0.309 e. The Morgan fingerprint density at radius 1 is 0.250 bits per heavy atom. The van der Waals surface area contributed by atoms with E-state index in [-0.39, 0.29) is 0 Å². The van der Waals surface area contributed by atoms with Gasteiger partial charge in [0.1, 0.15) is 0 Å². The van der Waals surface area contributed by atoms with Crippen LogP contribution in [0.3, 0.4) is 0 Å². The molecule has 0 atom stereocenters. The van der Waals surface area contributed by atoms with Crippen LogP contribution >= 0.6 is 0 Å². The summed E-state index contributed by atoms with van der Waals surface area (Å²) in [5.41, 5.74) is 35.0. The van der Waals surface area contributed by atoms with Crippen LogP contribution in [0.4, 0.5) is 0 Å². The number of benzene rings is 14. The molecule has 0 N–H and O–H groups in total. The Balaban J connectivity index is 0.662. The first kappa shape index (κ1) is 49.2. The van der Waals surface area contributed by atoms with Crippen molar-refractivity contribution in [2.75, 3.05) is 0 Å². The van der Waals surface area contributed by atoms with Gasteiger partial charge >= 0.3 is 0 Å². The van der Waals surface area contributed by atoms with E-state index in [1.54, 1.807) is 0 Å². The van der Waals surface area contributed by atoms with Crippen LogP contribution < -0.4 is 0 Å². The number of hydrogen-bond donors (Lipinski definition) is 0. The predicted octanol–water partition coefficient (Wildman–Crippen LogP) is 22.1. The van der Waals surface area contributed by atoms with E-state index in [1.807, 2.05) is 0 Å². The van der Waals surface area contributed by atoms with Gasteiger partial charge in [-0.05, 0) is 188 Å². The Morgan fingerprint density at radius 2 is 0.614 bits per heavy atom. The van der Waals surface area contributed by atoms with Crippen molar-refractivity contribution in [2.45, 2.75) is 17.8 Å². The van der Waals surface area contributed by atoms with E-state index in [4.69, 9.17) is 0 Å². The Hall–Kier alpha value is -11.1. The molecule has 408 valence electrons. The third-order valence-corrected chi connectivity index (χ3v) is 20.3. The summed E-state index contributed by atoms with van der Waals surface area (Å²) in [4.78, 5) is 0. The van der Waals surface area contributed by atoms with Gasteiger partial charge in [-0.1, -0.05) is 279 Å². The molecule has 1 heteroatoms. The Bertz CT molecular complexity index is 5410. The molecule has 2 spiro atoms. The lowest BCUT2D eigenvalue weighted by Gasteiger charge is -2.31. The first-order valence-electron chi connectivity index (χ1n) is 30.9. The molecule has 0 amide bonds. The predicted molar refractivity (Wildman–Crippen MR) is 367 cm³/mol. The zero-order valence-electron chi connectivity index (χ0n) is 48.5. The topological polar surface area (TPSA) is 4.93 Å². The van der Waals surface area contributed by atoms with E-state index in [9.17, 15) is 0 Å². The highest BCUT2D eigenvalue weighted by molar-refractivity contribution is 6.12. The van der Waals surface area contributed by atoms with E-state index in [0.29, 0.717) is 0 Å². The second-order valence-corrected chi connectivity index (χ2v) is 24.7. The molecule has 0 fully saturated rings. The highest BCUT2D eigenvalue weighted by atomic mass is 15.0. The maximum atomic E-state index is 2.55. The van der Waals surface area contributed by atoms with Crippen LogP contribution in [0.1, 0.15) is 61.2 Å². The van der Waals surface area contributed by atoms with Gasteiger partial charge in [-0.15, -0.1) is 0 Å². The van der Waals surface area contributed by atoms with Gasteiger partial charge in [0.25, 0.3) is 0 Å². The van der Waals surface area contributed by atoms with Gasteiger partial charge in [-0.3, -0.25) is 0 Å². The van der Waals surface area contributed by atoms with Gasteiger partial charge in [0.05, 0.1) is 27.6 Å². The molecule has 4 aliphatic carbocycles. The van der Waals surface area contributed by atoms with Gasteiger partial charge in [-0.2, -0.15) is 0 Å². The van der Waals surface area contributed by atoms with Crippen molar-refractivity contribution in [3.8, 4) is 83.6 Å². The number of aryl methyl sites for hydroxylation is 1. The van der Waals surface area contributed by atoms with Crippen molar-refractivity contribution in [1.82, 2.24) is 4.57 Å². The minimum atomic E-state index is -0.512. The zero-order valence-corrected chi connectivity index (χ0v) is 48.5. The molecule has 19 rings (SSSR count). The molecule has 1 heterocycles. The highest BCUT2D eigenvalue weighted by Gasteiger charge is 2.53. The summed E-state index contributed by atoms with van der Waals surface area (Å²) in [6.45, 7) is 2.24. The molecular formula is C87H55N. The van der Waals surface area contributed by atoms with Crippen LogP contribution in [0, 0.1) is 6.92 Å². The van der Waals surface area contributed by atoms with Gasteiger partial charge in [0.2, 0.25) is 0 Å². The number of para-hydroxylation sites is 1. The normalized spacial score (nSPS) is 13.9. The molecule has 0 radical (unpaired) electrons. The van der Waals surface area contributed by atoms with Crippen molar-refractivity contribution < 1.29 is 0 Å². The molecule has 1 aromatic heterocycles. The molecule has 88 heavy (non-hydrogen) atoms. The van der Waals surface area contributed by atoms with E-state index in [1.165, 1.54) is 166 Å². The third-order valence-electron chi connectivity index (χ3n) is 20.3. The Labute approximate surface area is 512 Å². The fraction of sp³-hybridized carbons (Fsp3) is 0.0345. The van der Waals surface area contributed by atoms with Crippen LogP contribution in [0.2, 0.25) is 0 Å². The quantitative estimate of drug-likeness (QED) is 0.146. The number of nitrogens with zero attached hydrogens (tertiary/aromatic N) is 1. The molecule has 15 aromatic rings. The summed E-state index contributed by atoms with van der Waals surface area (Å²) >= 11 is 0. The summed E-state index contributed by atoms with van der Waals surface area (Å²) in [6.07, 6.45) is 4.46. The summed E-state index contributed by atoms with van der Waals surface area (Å²) in [5.74, 6) is 0. The van der Waals surface area contributed by atoms with Crippen molar-refractivity contribution in [1.29, 1.82) is 0 Å². The van der Waals surface area contributed by atoms with Gasteiger partial charge in [0.15, 0.2) is 0 Å². The lowest BCUT2D eigenvalue weighted by atomic mass is 9.69. The lowest BCUT2D eigenvalue weighted by molar-refractivity contribution is 0.792. The second kappa shape index (κ2) is 18.4. The molecule has 1 nitrogen and oxygen atoms in total. The number of fused-ring (bicyclic) bond motifs is 24. The summed E-state index contributed by atoms with van der Waals surface area (Å²) in [7, 11) is 0. The van der Waals surface area contributed by atoms with E-state index in [0.717, 1.165) is 11.1 Å². The molecule has 4 aliphatic rings. The highest BCUT2D eigenvalue weighted by Crippen LogP contribution is 2.66. The smallest absolute Gasteiger partial charge is 0.0725 e. The van der Waals surface area contributed by atoms with Crippen LogP contribution in [-0.2, 0) is 10.8 Å². The van der Waals surface area contributed by atoms with E-state index >= 15 is 0 Å². The SMILES string of the molecule is Cc1ccc2c(c1)C1(c3ccccc3-c3ccccc31)c1cc(-c3ccc4c(c3)C3(c5ccccc5-c5ccccc53)c3cc(-c5ccc(C=Cc6ccc(-c7ccc8c(c7)c7ccccc7n8-c7cccc8ccccc78)cc6)cc5)ccc3-4)ccc1-2. The lowest BCUT2D eigenvalue weighted by Crippen LogP contribution is -2.26. The standard InChI is InChI=1S/C87H55N/c1-54-29-44-69-70-46-41-62(52-81(70)86(79(69)49-54)75-23-9-4-18-65(75)66-19-5-10-24-76(66)86)63-42-47-72-71-45-40-61(51-80(71)87(82(72)53-63)77-25-11-6-20-67(77)68-21-7-12-26-78(68)87)58-38-34-56(35-39-58)31-30-55-32-36-57(37-33-55)60-43-48-85-74(50-60)73-22-8-13-27-84(73)88(85)83-28-14-16-59-15-2-3-17-64(59)83/h2-53H,1H3. The number of hydrogen-bond acceptors (Lipinski definition) is 0. The Morgan fingerprint density at radius 3 is 1.14 bits per heavy atom. The number of aromatic nitrogens is 1. The minimum absolute atomic E-state index is 0.418. The summed E-state index contributed by atoms with van der Waals surface area (Å²) in [6, 6.07) is 115. The third kappa shape index (κ3) is 6.71. The molecule has 0 unspecified atom stereocenters. The Kier molecular flexibility index (Phi) is 10.3. The molecule has 0 bridgehead atoms. The van der Waals surface area contributed by atoms with Crippen LogP contribution in [0.15, 0.2) is 303 Å². The molecular weight excluding hydrogens is 1060 g/mol. The van der Waals surface area contributed by atoms with Crippen molar-refractivity contribution in [2.24, 2.45) is 0 Å². The second-order valence-electron chi connectivity index (χ2n) is 24.7. The average Bonchev–Trinajstić information content (AvgIpc) is 1.54. The van der Waals surface area contributed by atoms with Crippen LogP contribution in [0.25, 0.3) is 128 Å². The van der Waals surface area contributed by atoms with E-state index in [2.05, 4.69) is 327 Å². The van der Waals surface area contributed by atoms with Crippen molar-refractivity contribution in [3.05, 3.63) is 365 Å². The molecule has 0 saturated heterocycles. The van der Waals surface area contributed by atoms with Crippen molar-refractivity contribution in [3.63, 3.8) is 0 Å². The molecule has 0 aliphatic heterocycles. The van der Waals surface area contributed by atoms with Gasteiger partial charge in [-0.25, -0.2) is 0 Å². The summed E-state index contributed by atoms with van der Waals surface area (Å²) in [5, 5.41) is 5.00. The fourth-order valence-corrected chi connectivity index (χ4v) is 16.5. The van der Waals surface area contributed by atoms with Crippen LogP contribution in [-0.4, -0.2) is 4.57 Å².